The third kappa shape index (κ3) is 2.59. The third-order valence-corrected chi connectivity index (χ3v) is 5.22. The van der Waals surface area contributed by atoms with Crippen LogP contribution in [0.5, 0.6) is 0 Å². The molecule has 2 nitrogen and oxygen atoms in total. The van der Waals surface area contributed by atoms with Crippen molar-refractivity contribution in [1.82, 2.24) is 0 Å². The largest absolute Gasteiger partial charge is 0.262 e. The lowest BCUT2D eigenvalue weighted by Gasteiger charge is -2.03. The van der Waals surface area contributed by atoms with Crippen LogP contribution < -0.4 is 0 Å². The smallest absolute Gasteiger partial charge is 0.207 e. The van der Waals surface area contributed by atoms with E-state index in [0.717, 1.165) is 0 Å². The molecule has 0 atom stereocenters. The summed E-state index contributed by atoms with van der Waals surface area (Å²) in [4.78, 5) is -0.0395. The van der Waals surface area contributed by atoms with E-state index >= 15 is 0 Å². The van der Waals surface area contributed by atoms with Crippen LogP contribution in [0.2, 0.25) is 5.02 Å². The Bertz CT molecular complexity index is 444. The highest BCUT2D eigenvalue weighted by molar-refractivity contribution is 9.11. The highest BCUT2D eigenvalue weighted by Gasteiger charge is 2.17. The third-order valence-electron chi connectivity index (χ3n) is 1.26. The summed E-state index contributed by atoms with van der Waals surface area (Å²) in [5.41, 5.74) is 0. The van der Waals surface area contributed by atoms with Crippen molar-refractivity contribution in [3.8, 4) is 0 Å². The zero-order valence-electron chi connectivity index (χ0n) is 5.89. The Balaban J connectivity index is 3.53. The molecule has 0 aliphatic rings. The van der Waals surface area contributed by atoms with E-state index < -0.39 is 9.05 Å². The molecule has 0 fully saturated rings. The van der Waals surface area contributed by atoms with Gasteiger partial charge in [-0.2, -0.15) is 0 Å². The maximum absolute atomic E-state index is 11.0. The second kappa shape index (κ2) is 4.06. The second-order valence-corrected chi connectivity index (χ2v) is 6.67. The van der Waals surface area contributed by atoms with Crippen LogP contribution in [0.3, 0.4) is 0 Å². The number of halogens is 4. The van der Waals surface area contributed by atoms with E-state index in [0.29, 0.717) is 4.47 Å². The summed E-state index contributed by atoms with van der Waals surface area (Å²) in [6.45, 7) is 0. The van der Waals surface area contributed by atoms with Gasteiger partial charge >= 0.3 is 0 Å². The summed E-state index contributed by atoms with van der Waals surface area (Å²) in [5, 5.41) is 0.279. The van der Waals surface area contributed by atoms with Crippen LogP contribution in [0.1, 0.15) is 0 Å². The van der Waals surface area contributed by atoms with Crippen molar-refractivity contribution in [3.63, 3.8) is 0 Å². The van der Waals surface area contributed by atoms with Crippen molar-refractivity contribution in [2.45, 2.75) is 4.90 Å². The van der Waals surface area contributed by atoms with Gasteiger partial charge in [0.05, 0.1) is 14.4 Å². The lowest BCUT2D eigenvalue weighted by molar-refractivity contribution is 0.609. The molecule has 0 aliphatic carbocycles. The van der Waals surface area contributed by atoms with Crippen LogP contribution in [0.25, 0.3) is 0 Å². The minimum atomic E-state index is -3.75. The number of hydrogen-bond acceptors (Lipinski definition) is 2. The maximum atomic E-state index is 11.0. The van der Waals surface area contributed by atoms with Crippen LogP contribution in [-0.4, -0.2) is 8.42 Å². The summed E-state index contributed by atoms with van der Waals surface area (Å²) in [5.74, 6) is 0. The maximum Gasteiger partial charge on any atom is 0.262 e. The summed E-state index contributed by atoms with van der Waals surface area (Å²) < 4.78 is 22.8. The van der Waals surface area contributed by atoms with E-state index in [4.69, 9.17) is 22.3 Å². The normalized spacial score (nSPS) is 11.7. The molecule has 0 spiro atoms. The zero-order valence-corrected chi connectivity index (χ0v) is 11.4. The lowest BCUT2D eigenvalue weighted by Crippen LogP contribution is -1.92. The first kappa shape index (κ1) is 11.8. The lowest BCUT2D eigenvalue weighted by atomic mass is 10.4. The Morgan fingerprint density at radius 2 is 1.77 bits per heavy atom. The molecule has 0 unspecified atom stereocenters. The molecule has 1 aromatic rings. The van der Waals surface area contributed by atoms with Crippen LogP contribution in [0.4, 0.5) is 0 Å². The fourth-order valence-corrected chi connectivity index (χ4v) is 3.71. The van der Waals surface area contributed by atoms with Gasteiger partial charge < -0.3 is 0 Å². The Morgan fingerprint density at radius 3 is 2.23 bits per heavy atom. The summed E-state index contributed by atoms with van der Waals surface area (Å²) in [7, 11) is 1.40. The van der Waals surface area contributed by atoms with Gasteiger partial charge in [0.1, 0.15) is 0 Å². The molecule has 0 saturated carbocycles. The first-order chi connectivity index (χ1) is 5.84. The molecule has 1 aromatic carbocycles. The SMILES string of the molecule is O=S(=O)(Cl)c1ccc(Br)c(Cl)c1Br. The predicted molar refractivity (Wildman–Crippen MR) is 59.9 cm³/mol. The Labute approximate surface area is 102 Å². The monoisotopic (exact) mass is 366 g/mol. The van der Waals surface area contributed by atoms with Gasteiger partial charge in [-0.25, -0.2) is 8.42 Å². The highest BCUT2D eigenvalue weighted by Crippen LogP contribution is 2.36. The topological polar surface area (TPSA) is 34.1 Å². The van der Waals surface area contributed by atoms with Gasteiger partial charge in [-0.05, 0) is 44.0 Å². The van der Waals surface area contributed by atoms with Crippen LogP contribution >= 0.6 is 54.1 Å². The molecule has 1 rings (SSSR count). The Kier molecular flexibility index (Phi) is 3.68. The average Bonchev–Trinajstić information content (AvgIpc) is 1.98. The van der Waals surface area contributed by atoms with E-state index in [-0.39, 0.29) is 14.4 Å². The molecule has 0 amide bonds. The molecule has 0 aromatic heterocycles. The van der Waals surface area contributed by atoms with Crippen molar-refractivity contribution < 1.29 is 8.42 Å². The second-order valence-electron chi connectivity index (χ2n) is 2.11. The minimum Gasteiger partial charge on any atom is -0.207 e. The molecule has 7 heteroatoms. The van der Waals surface area contributed by atoms with Gasteiger partial charge in [-0.15, -0.1) is 0 Å². The van der Waals surface area contributed by atoms with Crippen molar-refractivity contribution in [2.75, 3.05) is 0 Å². The molecule has 0 saturated heterocycles. The van der Waals surface area contributed by atoms with Crippen LogP contribution in [0, 0.1) is 0 Å². The fraction of sp³-hybridized carbons (Fsp3) is 0. The fourth-order valence-electron chi connectivity index (χ4n) is 0.696. The molecule has 0 radical (unpaired) electrons. The summed E-state index contributed by atoms with van der Waals surface area (Å²) >= 11 is 12.0. The van der Waals surface area contributed by atoms with Gasteiger partial charge in [0.15, 0.2) is 0 Å². The molecule has 0 N–H and O–H groups in total. The Morgan fingerprint density at radius 1 is 1.23 bits per heavy atom. The molecular weight excluding hydrogens is 367 g/mol. The molecule has 0 bridgehead atoms. The van der Waals surface area contributed by atoms with Gasteiger partial charge in [0.25, 0.3) is 9.05 Å². The van der Waals surface area contributed by atoms with E-state index in [9.17, 15) is 8.42 Å². The van der Waals surface area contributed by atoms with E-state index in [2.05, 4.69) is 31.9 Å². The quantitative estimate of drug-likeness (QED) is 0.558. The summed E-state index contributed by atoms with van der Waals surface area (Å²) in [6, 6.07) is 2.88. The minimum absolute atomic E-state index is 0.0395. The van der Waals surface area contributed by atoms with E-state index in [1.807, 2.05) is 0 Å². The molecule has 0 aliphatic heterocycles. The molecule has 13 heavy (non-hydrogen) atoms. The van der Waals surface area contributed by atoms with Crippen LogP contribution in [0.15, 0.2) is 26.0 Å². The molecule has 0 heterocycles. The van der Waals surface area contributed by atoms with Crippen molar-refractivity contribution in [1.29, 1.82) is 0 Å². The first-order valence-electron chi connectivity index (χ1n) is 2.92. The molecular formula is C6H2Br2Cl2O2S. The zero-order chi connectivity index (χ0) is 10.2. The predicted octanol–water partition coefficient (Wildman–Crippen LogP) is 3.79. The van der Waals surface area contributed by atoms with Gasteiger partial charge in [-0.3, -0.25) is 0 Å². The average molecular weight is 369 g/mol. The number of hydrogen-bond donors (Lipinski definition) is 0. The molecule has 72 valence electrons. The summed E-state index contributed by atoms with van der Waals surface area (Å²) in [6.07, 6.45) is 0. The Hall–Kier alpha value is 0.710. The standard InChI is InChI=1S/C6H2Br2Cl2O2S/c7-3-1-2-4(13(10,11)12)5(8)6(3)9/h1-2H. The van der Waals surface area contributed by atoms with Crippen molar-refractivity contribution in [2.24, 2.45) is 0 Å². The van der Waals surface area contributed by atoms with Gasteiger partial charge in [0, 0.05) is 15.2 Å². The van der Waals surface area contributed by atoms with Crippen molar-refractivity contribution >= 4 is 63.2 Å². The number of benzene rings is 1. The van der Waals surface area contributed by atoms with E-state index in [1.54, 1.807) is 0 Å². The van der Waals surface area contributed by atoms with E-state index in [1.165, 1.54) is 12.1 Å². The van der Waals surface area contributed by atoms with Crippen LogP contribution in [-0.2, 0) is 9.05 Å². The van der Waals surface area contributed by atoms with Gasteiger partial charge in [-0.1, -0.05) is 11.6 Å². The first-order valence-corrected chi connectivity index (χ1v) is 7.19. The van der Waals surface area contributed by atoms with Gasteiger partial charge in [0.2, 0.25) is 0 Å². The van der Waals surface area contributed by atoms with Crippen molar-refractivity contribution in [3.05, 3.63) is 26.1 Å². The highest BCUT2D eigenvalue weighted by atomic mass is 79.9. The number of rotatable bonds is 1.